The van der Waals surface area contributed by atoms with E-state index in [4.69, 9.17) is 9.84 Å². The fourth-order valence-electron chi connectivity index (χ4n) is 2.56. The molecule has 0 aromatic heterocycles. The molecular weight excluding hydrogens is 291 g/mol. The summed E-state index contributed by atoms with van der Waals surface area (Å²) in [5.74, 6) is 0.758. The van der Waals surface area contributed by atoms with Crippen molar-refractivity contribution in [2.45, 2.75) is 6.42 Å². The van der Waals surface area contributed by atoms with Gasteiger partial charge in [0.05, 0.1) is 19.4 Å². The van der Waals surface area contributed by atoms with E-state index in [9.17, 15) is 5.02 Å². The maximum Gasteiger partial charge on any atom is 0.466 e. The molecule has 3 rings (SSSR count). The molecule has 118 valence electrons. The number of aliphatic hydroxyl groups is 1. The number of hydrazone groups is 1. The highest BCUT2D eigenvalue weighted by Gasteiger charge is 2.28. The number of hydrogen-bond donors (Lipinski definition) is 2. The van der Waals surface area contributed by atoms with Crippen LogP contribution in [0.4, 0.5) is 0 Å². The van der Waals surface area contributed by atoms with Crippen LogP contribution in [0.1, 0.15) is 11.1 Å². The lowest BCUT2D eigenvalue weighted by atomic mass is 9.70. The summed E-state index contributed by atoms with van der Waals surface area (Å²) in [6.45, 7) is 0.843. The van der Waals surface area contributed by atoms with E-state index in [0.29, 0.717) is 13.2 Å². The number of nitrogens with zero attached hydrogens (tertiary/aromatic N) is 2. The molecule has 1 heterocycles. The Morgan fingerprint density at radius 1 is 1.13 bits per heavy atom. The lowest BCUT2D eigenvalue weighted by Crippen LogP contribution is -2.50. The molecule has 1 aliphatic heterocycles. The Morgan fingerprint density at radius 2 is 1.96 bits per heavy atom. The molecule has 0 fully saturated rings. The number of aliphatic hydroxyl groups excluding tert-OH is 1. The van der Waals surface area contributed by atoms with Crippen LogP contribution < -0.4 is 10.2 Å². The van der Waals surface area contributed by atoms with E-state index in [-0.39, 0.29) is 6.61 Å². The van der Waals surface area contributed by atoms with Gasteiger partial charge in [-0.05, 0) is 28.7 Å². The van der Waals surface area contributed by atoms with Gasteiger partial charge in [0, 0.05) is 13.0 Å². The molecule has 0 radical (unpaired) electrons. The second-order valence-corrected chi connectivity index (χ2v) is 5.38. The van der Waals surface area contributed by atoms with Crippen LogP contribution in [0.25, 0.3) is 0 Å². The molecule has 2 aromatic rings. The van der Waals surface area contributed by atoms with Crippen molar-refractivity contribution >= 4 is 18.7 Å². The Labute approximate surface area is 136 Å². The Balaban J connectivity index is 1.63. The Bertz CT molecular complexity index is 679. The van der Waals surface area contributed by atoms with Crippen LogP contribution in [0.2, 0.25) is 0 Å². The number of benzene rings is 2. The summed E-state index contributed by atoms with van der Waals surface area (Å²) in [5, 5.41) is 23.4. The summed E-state index contributed by atoms with van der Waals surface area (Å²) < 4.78 is 5.79. The maximum absolute atomic E-state index is 10.2. The normalized spacial score (nSPS) is 13.1. The Morgan fingerprint density at radius 3 is 2.74 bits per heavy atom. The summed E-state index contributed by atoms with van der Waals surface area (Å²) >= 11 is 0. The van der Waals surface area contributed by atoms with Crippen molar-refractivity contribution in [3.8, 4) is 5.75 Å². The molecule has 1 aliphatic rings. The van der Waals surface area contributed by atoms with Gasteiger partial charge in [0.25, 0.3) is 0 Å². The van der Waals surface area contributed by atoms with Crippen LogP contribution >= 0.6 is 0 Å². The van der Waals surface area contributed by atoms with Crippen molar-refractivity contribution in [1.82, 2.24) is 4.92 Å². The van der Waals surface area contributed by atoms with Crippen LogP contribution in [0.3, 0.4) is 0 Å². The summed E-state index contributed by atoms with van der Waals surface area (Å²) in [7, 11) is -0.833. The Kier molecular flexibility index (Phi) is 4.95. The molecule has 0 amide bonds. The fourth-order valence-corrected chi connectivity index (χ4v) is 2.56. The molecule has 2 N–H and O–H groups in total. The zero-order valence-corrected chi connectivity index (χ0v) is 12.8. The number of ether oxygens (including phenoxy) is 1. The van der Waals surface area contributed by atoms with Crippen LogP contribution in [0.15, 0.2) is 53.6 Å². The van der Waals surface area contributed by atoms with Crippen LogP contribution in [0, 0.1) is 0 Å². The van der Waals surface area contributed by atoms with Crippen molar-refractivity contribution < 1.29 is 14.9 Å². The molecule has 5 nitrogen and oxygen atoms in total. The molecule has 6 heteroatoms. The average Bonchev–Trinajstić information content (AvgIpc) is 2.58. The number of fused-ring (bicyclic) bond motifs is 1. The largest absolute Gasteiger partial charge is 0.493 e. The third-order valence-corrected chi connectivity index (χ3v) is 3.80. The maximum atomic E-state index is 10.2. The van der Waals surface area contributed by atoms with Gasteiger partial charge in [-0.15, -0.1) is 0 Å². The standard InChI is InChI=1S/C17H19BN2O3/c21-10-9-20-18(22)17-7-6-16(12-15(17)13-19-20)23-11-8-14-4-2-1-3-5-14/h1-7,12-13,21-22H,8-11H2. The van der Waals surface area contributed by atoms with E-state index in [2.05, 4.69) is 17.2 Å². The molecule has 0 saturated heterocycles. The molecule has 0 bridgehead atoms. The van der Waals surface area contributed by atoms with Crippen LogP contribution in [0.5, 0.6) is 5.75 Å². The average molecular weight is 310 g/mol. The zero-order chi connectivity index (χ0) is 16.1. The quantitative estimate of drug-likeness (QED) is 0.769. The summed E-state index contributed by atoms with van der Waals surface area (Å²) in [4.78, 5) is 1.46. The lowest BCUT2D eigenvalue weighted by molar-refractivity contribution is 0.246. The molecule has 23 heavy (non-hydrogen) atoms. The topological polar surface area (TPSA) is 65.3 Å². The summed E-state index contributed by atoms with van der Waals surface area (Å²) in [5.41, 5.74) is 2.84. The second-order valence-electron chi connectivity index (χ2n) is 5.38. The van der Waals surface area contributed by atoms with Crippen LogP contribution in [-0.4, -0.2) is 48.1 Å². The highest BCUT2D eigenvalue weighted by molar-refractivity contribution is 6.65. The first-order valence-electron chi connectivity index (χ1n) is 7.68. The molecule has 0 unspecified atom stereocenters. The minimum Gasteiger partial charge on any atom is -0.493 e. The predicted molar refractivity (Wildman–Crippen MR) is 91.1 cm³/mol. The van der Waals surface area contributed by atoms with Crippen molar-refractivity contribution in [3.05, 3.63) is 59.7 Å². The highest BCUT2D eigenvalue weighted by atomic mass is 16.5. The number of hydrogen-bond acceptors (Lipinski definition) is 5. The summed E-state index contributed by atoms with van der Waals surface area (Å²) in [6.07, 6.45) is 2.53. The van der Waals surface area contributed by atoms with Gasteiger partial charge < -0.3 is 19.8 Å². The first-order chi connectivity index (χ1) is 11.3. The van der Waals surface area contributed by atoms with Gasteiger partial charge in [-0.3, -0.25) is 0 Å². The van der Waals surface area contributed by atoms with Gasteiger partial charge in [0.1, 0.15) is 5.75 Å². The molecule has 0 aliphatic carbocycles. The minimum absolute atomic E-state index is 0.0512. The van der Waals surface area contributed by atoms with Crippen molar-refractivity contribution in [3.63, 3.8) is 0 Å². The van der Waals surface area contributed by atoms with Gasteiger partial charge in [0.15, 0.2) is 0 Å². The first kappa shape index (κ1) is 15.6. The third kappa shape index (κ3) is 3.72. The van der Waals surface area contributed by atoms with E-state index >= 15 is 0 Å². The van der Waals surface area contributed by atoms with Gasteiger partial charge in [-0.2, -0.15) is 5.10 Å². The molecule has 0 saturated carbocycles. The third-order valence-electron chi connectivity index (χ3n) is 3.80. The second kappa shape index (κ2) is 7.31. The van der Waals surface area contributed by atoms with E-state index in [0.717, 1.165) is 23.2 Å². The number of β-amino-alcohol motifs (C(OH)–C–C–N with tert-alkyl or cyclic N) is 1. The van der Waals surface area contributed by atoms with Crippen LogP contribution in [-0.2, 0) is 6.42 Å². The fraction of sp³-hybridized carbons (Fsp3) is 0.235. The first-order valence-corrected chi connectivity index (χ1v) is 7.68. The minimum atomic E-state index is -0.833. The monoisotopic (exact) mass is 310 g/mol. The number of rotatable bonds is 6. The Hall–Kier alpha value is -2.31. The molecule has 0 spiro atoms. The molecule has 2 aromatic carbocycles. The van der Waals surface area contributed by atoms with E-state index in [1.54, 1.807) is 6.21 Å². The lowest BCUT2D eigenvalue weighted by Gasteiger charge is -2.26. The SMILES string of the molecule is OCCN1N=Cc2cc(OCCc3ccccc3)ccc2B1O. The van der Waals surface area contributed by atoms with Crippen molar-refractivity contribution in [2.24, 2.45) is 5.10 Å². The van der Waals surface area contributed by atoms with E-state index < -0.39 is 7.05 Å². The zero-order valence-electron chi connectivity index (χ0n) is 12.8. The van der Waals surface area contributed by atoms with E-state index in [1.165, 1.54) is 10.5 Å². The van der Waals surface area contributed by atoms with Gasteiger partial charge in [0.2, 0.25) is 0 Å². The van der Waals surface area contributed by atoms with Crippen molar-refractivity contribution in [2.75, 3.05) is 19.8 Å². The van der Waals surface area contributed by atoms with Crippen molar-refractivity contribution in [1.29, 1.82) is 0 Å². The molecule has 0 atom stereocenters. The predicted octanol–water partition coefficient (Wildman–Crippen LogP) is 0.637. The van der Waals surface area contributed by atoms with Gasteiger partial charge >= 0.3 is 7.05 Å². The van der Waals surface area contributed by atoms with Gasteiger partial charge in [-0.25, -0.2) is 0 Å². The van der Waals surface area contributed by atoms with E-state index in [1.807, 2.05) is 36.4 Å². The van der Waals surface area contributed by atoms with Gasteiger partial charge in [-0.1, -0.05) is 36.4 Å². The molecular formula is C17H19BN2O3. The summed E-state index contributed by atoms with van der Waals surface area (Å²) in [6, 6.07) is 15.8. The smallest absolute Gasteiger partial charge is 0.466 e. The highest BCUT2D eigenvalue weighted by Crippen LogP contribution is 2.15.